The predicted molar refractivity (Wildman–Crippen MR) is 66.4 cm³/mol. The van der Waals surface area contributed by atoms with E-state index < -0.39 is 0 Å². The van der Waals surface area contributed by atoms with Gasteiger partial charge in [-0.2, -0.15) is 0 Å². The van der Waals surface area contributed by atoms with Crippen molar-refractivity contribution in [2.45, 2.75) is 39.7 Å². The molecule has 96 valence electrons. The van der Waals surface area contributed by atoms with Gasteiger partial charge in [-0.05, 0) is 19.3 Å². The average Bonchev–Trinajstić information content (AvgIpc) is 2.23. The maximum absolute atomic E-state index is 11.4. The molecule has 0 saturated carbocycles. The minimum absolute atomic E-state index is 0.125. The van der Waals surface area contributed by atoms with E-state index in [2.05, 4.69) is 31.4 Å². The Bertz CT molecular complexity index is 184. The van der Waals surface area contributed by atoms with Crippen LogP contribution in [0.4, 0.5) is 0 Å². The smallest absolute Gasteiger partial charge is 0.221 e. The Balaban J connectivity index is 3.39. The van der Waals surface area contributed by atoms with Crippen molar-refractivity contribution in [2.24, 2.45) is 5.92 Å². The van der Waals surface area contributed by atoms with Crippen LogP contribution in [-0.2, 0) is 9.53 Å². The third-order valence-electron chi connectivity index (χ3n) is 2.31. The van der Waals surface area contributed by atoms with Gasteiger partial charge in [-0.15, -0.1) is 0 Å². The summed E-state index contributed by atoms with van der Waals surface area (Å²) in [5, 5.41) is 6.19. The van der Waals surface area contributed by atoms with Crippen molar-refractivity contribution < 1.29 is 9.53 Å². The van der Waals surface area contributed by atoms with Gasteiger partial charge in [0, 0.05) is 39.3 Å². The van der Waals surface area contributed by atoms with Crippen molar-refractivity contribution in [1.82, 2.24) is 10.6 Å². The van der Waals surface area contributed by atoms with Crippen molar-refractivity contribution in [2.75, 3.05) is 26.8 Å². The summed E-state index contributed by atoms with van der Waals surface area (Å²) >= 11 is 0. The molecule has 0 radical (unpaired) electrons. The standard InChI is InChI=1S/C12H26N2O2/c1-10(2)9-14-12(15)5-7-13-11(3)6-8-16-4/h10-11,13H,5-9H2,1-4H3,(H,14,15). The van der Waals surface area contributed by atoms with Crippen molar-refractivity contribution in [3.05, 3.63) is 0 Å². The van der Waals surface area contributed by atoms with E-state index in [1.54, 1.807) is 7.11 Å². The van der Waals surface area contributed by atoms with Gasteiger partial charge in [0.1, 0.15) is 0 Å². The topological polar surface area (TPSA) is 50.4 Å². The lowest BCUT2D eigenvalue weighted by Gasteiger charge is -2.13. The molecule has 0 rings (SSSR count). The van der Waals surface area contributed by atoms with E-state index in [-0.39, 0.29) is 5.91 Å². The summed E-state index contributed by atoms with van der Waals surface area (Å²) in [4.78, 5) is 11.4. The zero-order valence-corrected chi connectivity index (χ0v) is 11.0. The molecule has 0 bridgehead atoms. The molecule has 1 atom stereocenters. The second-order valence-electron chi connectivity index (χ2n) is 4.58. The fraction of sp³-hybridized carbons (Fsp3) is 0.917. The molecule has 0 fully saturated rings. The summed E-state index contributed by atoms with van der Waals surface area (Å²) in [5.41, 5.74) is 0. The minimum Gasteiger partial charge on any atom is -0.385 e. The van der Waals surface area contributed by atoms with Crippen LogP contribution in [0.1, 0.15) is 33.6 Å². The van der Waals surface area contributed by atoms with Crippen LogP contribution in [0.15, 0.2) is 0 Å². The van der Waals surface area contributed by atoms with E-state index in [1.807, 2.05) is 0 Å². The van der Waals surface area contributed by atoms with E-state index in [0.29, 0.717) is 18.4 Å². The Hall–Kier alpha value is -0.610. The summed E-state index contributed by atoms with van der Waals surface area (Å²) < 4.78 is 4.99. The molecule has 16 heavy (non-hydrogen) atoms. The zero-order valence-electron chi connectivity index (χ0n) is 11.0. The fourth-order valence-corrected chi connectivity index (χ4v) is 1.24. The molecule has 4 heteroatoms. The Morgan fingerprint density at radius 1 is 1.31 bits per heavy atom. The molecular weight excluding hydrogens is 204 g/mol. The third kappa shape index (κ3) is 9.93. The fourth-order valence-electron chi connectivity index (χ4n) is 1.24. The van der Waals surface area contributed by atoms with Crippen LogP contribution in [0, 0.1) is 5.92 Å². The highest BCUT2D eigenvalue weighted by molar-refractivity contribution is 5.76. The van der Waals surface area contributed by atoms with Crippen LogP contribution in [0.25, 0.3) is 0 Å². The van der Waals surface area contributed by atoms with E-state index in [9.17, 15) is 4.79 Å². The van der Waals surface area contributed by atoms with Crippen molar-refractivity contribution in [3.63, 3.8) is 0 Å². The van der Waals surface area contributed by atoms with Gasteiger partial charge in [-0.25, -0.2) is 0 Å². The highest BCUT2D eigenvalue weighted by Crippen LogP contribution is 1.92. The second-order valence-corrected chi connectivity index (χ2v) is 4.58. The number of hydrogen-bond acceptors (Lipinski definition) is 3. The van der Waals surface area contributed by atoms with Gasteiger partial charge in [-0.1, -0.05) is 13.8 Å². The molecule has 4 nitrogen and oxygen atoms in total. The maximum Gasteiger partial charge on any atom is 0.221 e. The number of amides is 1. The number of rotatable bonds is 9. The highest BCUT2D eigenvalue weighted by atomic mass is 16.5. The van der Waals surface area contributed by atoms with Crippen molar-refractivity contribution in [3.8, 4) is 0 Å². The van der Waals surface area contributed by atoms with Gasteiger partial charge < -0.3 is 15.4 Å². The monoisotopic (exact) mass is 230 g/mol. The van der Waals surface area contributed by atoms with Crippen LogP contribution in [0.2, 0.25) is 0 Å². The SMILES string of the molecule is COCCC(C)NCCC(=O)NCC(C)C. The summed E-state index contributed by atoms with van der Waals surface area (Å²) in [6.45, 7) is 8.53. The van der Waals surface area contributed by atoms with Gasteiger partial charge in [0.2, 0.25) is 5.91 Å². The van der Waals surface area contributed by atoms with Crippen LogP contribution in [0.3, 0.4) is 0 Å². The third-order valence-corrected chi connectivity index (χ3v) is 2.31. The number of ether oxygens (including phenoxy) is 1. The molecule has 2 N–H and O–H groups in total. The van der Waals surface area contributed by atoms with E-state index in [4.69, 9.17) is 4.74 Å². The summed E-state index contributed by atoms with van der Waals surface area (Å²) in [6.07, 6.45) is 1.52. The Kier molecular flexibility index (Phi) is 9.24. The molecule has 0 spiro atoms. The van der Waals surface area contributed by atoms with Crippen molar-refractivity contribution in [1.29, 1.82) is 0 Å². The van der Waals surface area contributed by atoms with Gasteiger partial charge in [0.05, 0.1) is 0 Å². The molecule has 1 amide bonds. The number of methoxy groups -OCH3 is 1. The van der Waals surface area contributed by atoms with Crippen molar-refractivity contribution >= 4 is 5.91 Å². The lowest BCUT2D eigenvalue weighted by Crippen LogP contribution is -2.33. The highest BCUT2D eigenvalue weighted by Gasteiger charge is 2.04. The van der Waals surface area contributed by atoms with Gasteiger partial charge >= 0.3 is 0 Å². The molecule has 0 aromatic carbocycles. The molecule has 0 aromatic rings. The number of carbonyl (C=O) groups excluding carboxylic acids is 1. The molecule has 0 aromatic heterocycles. The number of nitrogens with one attached hydrogen (secondary N) is 2. The number of carbonyl (C=O) groups is 1. The Morgan fingerprint density at radius 2 is 2.00 bits per heavy atom. The first-order chi connectivity index (χ1) is 7.56. The Labute approximate surface area is 99.1 Å². The van der Waals surface area contributed by atoms with Gasteiger partial charge in [0.25, 0.3) is 0 Å². The molecular formula is C12H26N2O2. The quantitative estimate of drug-likeness (QED) is 0.625. The zero-order chi connectivity index (χ0) is 12.4. The van der Waals surface area contributed by atoms with E-state index >= 15 is 0 Å². The molecule has 0 aliphatic carbocycles. The summed E-state index contributed by atoms with van der Waals surface area (Å²) in [5.74, 6) is 0.637. The maximum atomic E-state index is 11.4. The van der Waals surface area contributed by atoms with Gasteiger partial charge in [-0.3, -0.25) is 4.79 Å². The minimum atomic E-state index is 0.125. The second kappa shape index (κ2) is 9.60. The van der Waals surface area contributed by atoms with Crippen LogP contribution in [-0.4, -0.2) is 38.8 Å². The van der Waals surface area contributed by atoms with Gasteiger partial charge in [0.15, 0.2) is 0 Å². The lowest BCUT2D eigenvalue weighted by molar-refractivity contribution is -0.121. The summed E-state index contributed by atoms with van der Waals surface area (Å²) in [6, 6.07) is 0.401. The van der Waals surface area contributed by atoms with Crippen LogP contribution >= 0.6 is 0 Å². The first-order valence-corrected chi connectivity index (χ1v) is 6.05. The Morgan fingerprint density at radius 3 is 2.56 bits per heavy atom. The van der Waals surface area contributed by atoms with Crippen LogP contribution in [0.5, 0.6) is 0 Å². The number of hydrogen-bond donors (Lipinski definition) is 2. The molecule has 0 saturated heterocycles. The molecule has 0 heterocycles. The van der Waals surface area contributed by atoms with Crippen LogP contribution < -0.4 is 10.6 Å². The molecule has 0 aliphatic rings. The molecule has 1 unspecified atom stereocenters. The average molecular weight is 230 g/mol. The van der Waals surface area contributed by atoms with E-state index in [0.717, 1.165) is 26.1 Å². The normalized spacial score (nSPS) is 12.8. The molecule has 0 aliphatic heterocycles. The lowest BCUT2D eigenvalue weighted by atomic mass is 10.2. The van der Waals surface area contributed by atoms with E-state index in [1.165, 1.54) is 0 Å². The summed E-state index contributed by atoms with van der Waals surface area (Å²) in [7, 11) is 1.70. The largest absolute Gasteiger partial charge is 0.385 e. The first kappa shape index (κ1) is 15.4. The first-order valence-electron chi connectivity index (χ1n) is 6.05. The predicted octanol–water partition coefficient (Wildman–Crippen LogP) is 1.16.